The Labute approximate surface area is 101 Å². The smallest absolute Gasteiger partial charge is 0.212 e. The van der Waals surface area contributed by atoms with Gasteiger partial charge in [-0.1, -0.05) is 12.1 Å². The van der Waals surface area contributed by atoms with Gasteiger partial charge < -0.3 is 9.42 Å². The molecule has 1 atom stereocenters. The van der Waals surface area contributed by atoms with Gasteiger partial charge in [0.2, 0.25) is 9.03 Å². The topological polar surface area (TPSA) is 29.5 Å². The second kappa shape index (κ2) is 7.29. The third kappa shape index (κ3) is 3.81. The molecule has 0 aliphatic heterocycles. The van der Waals surface area contributed by atoms with Crippen LogP contribution in [0.1, 0.15) is 11.1 Å². The summed E-state index contributed by atoms with van der Waals surface area (Å²) in [6.45, 7) is 0. The van der Waals surface area contributed by atoms with Crippen LogP contribution in [0.3, 0.4) is 0 Å². The summed E-state index contributed by atoms with van der Waals surface area (Å²) in [6, 6.07) is 5.75. The summed E-state index contributed by atoms with van der Waals surface area (Å²) in [7, 11) is -0.542. The van der Waals surface area contributed by atoms with Crippen LogP contribution in [0, 0.1) is 0 Å². The molecule has 1 unspecified atom stereocenters. The molecule has 1 N–H and O–H groups in total. The van der Waals surface area contributed by atoms with Crippen molar-refractivity contribution in [2.75, 3.05) is 11.8 Å². The Morgan fingerprint density at radius 2 is 1.93 bits per heavy atom. The molecule has 0 aliphatic carbocycles. The summed E-state index contributed by atoms with van der Waals surface area (Å²) in [5, 5.41) is 0. The van der Waals surface area contributed by atoms with E-state index < -0.39 is 9.03 Å². The predicted octanol–water partition coefficient (Wildman–Crippen LogP) is 3.13. The average Bonchev–Trinajstić information content (AvgIpc) is 2.23. The maximum Gasteiger partial charge on any atom is 0.212 e. The quantitative estimate of drug-likeness (QED) is 0.633. The minimum absolute atomic E-state index is 0.532. The van der Waals surface area contributed by atoms with Crippen LogP contribution in [-0.4, -0.2) is 16.7 Å². The average molecular weight is 267 g/mol. The van der Waals surface area contributed by atoms with Gasteiger partial charge in [0, 0.05) is 11.8 Å². The summed E-state index contributed by atoms with van der Waals surface area (Å²) in [5.41, 5.74) is 2.19. The Kier molecular flexibility index (Phi) is 6.35. The minimum Gasteiger partial charge on any atom is -0.450 e. The van der Waals surface area contributed by atoms with Gasteiger partial charge in [0.05, 0.1) is 0 Å². The fourth-order valence-corrected chi connectivity index (χ4v) is 2.15. The van der Waals surface area contributed by atoms with E-state index in [0.717, 1.165) is 24.0 Å². The number of alkyl halides is 2. The molecule has 15 heavy (non-hydrogen) atoms. The molecule has 0 aromatic heterocycles. The number of halogens is 2. The highest BCUT2D eigenvalue weighted by atomic mass is 35.5. The number of hydrogen-bond acceptors (Lipinski definition) is 2. The Balaban J connectivity index is 2.97. The summed E-state index contributed by atoms with van der Waals surface area (Å²) in [5.74, 6) is 1.81. The van der Waals surface area contributed by atoms with Crippen molar-refractivity contribution < 1.29 is 9.42 Å². The van der Waals surface area contributed by atoms with Crippen molar-refractivity contribution in [3.05, 3.63) is 29.3 Å². The van der Waals surface area contributed by atoms with Gasteiger partial charge in [0.25, 0.3) is 0 Å². The molecule has 0 radical (unpaired) electrons. The number of hydrogen-bond donors (Lipinski definition) is 1. The van der Waals surface area contributed by atoms with E-state index in [1.807, 2.05) is 18.2 Å². The molecule has 0 saturated carbocycles. The van der Waals surface area contributed by atoms with E-state index in [1.54, 1.807) is 0 Å². The zero-order valence-corrected chi connectivity index (χ0v) is 10.7. The molecule has 0 spiro atoms. The first-order valence-electron chi connectivity index (χ1n) is 4.62. The second-order valence-corrected chi connectivity index (χ2v) is 4.11. The van der Waals surface area contributed by atoms with Crippen LogP contribution in [0.4, 0.5) is 0 Å². The molecule has 0 fully saturated rings. The monoisotopic (exact) mass is 266 g/mol. The maximum atomic E-state index is 8.78. The van der Waals surface area contributed by atoms with E-state index in [2.05, 4.69) is 0 Å². The van der Waals surface area contributed by atoms with Gasteiger partial charge >= 0.3 is 0 Å². The van der Waals surface area contributed by atoms with E-state index in [9.17, 15) is 0 Å². The lowest BCUT2D eigenvalue weighted by Crippen LogP contribution is -1.99. The van der Waals surface area contributed by atoms with Gasteiger partial charge in [-0.3, -0.25) is 0 Å². The molecule has 1 aromatic carbocycles. The molecule has 0 amide bonds. The van der Waals surface area contributed by atoms with Gasteiger partial charge in [-0.15, -0.1) is 23.2 Å². The molecule has 1 rings (SSSR count). The zero-order valence-electron chi connectivity index (χ0n) is 8.17. The van der Waals surface area contributed by atoms with Gasteiger partial charge in [0.15, 0.2) is 0 Å². The van der Waals surface area contributed by atoms with Crippen molar-refractivity contribution in [3.63, 3.8) is 0 Å². The Morgan fingerprint density at radius 1 is 1.20 bits per heavy atom. The van der Waals surface area contributed by atoms with Crippen molar-refractivity contribution in [2.45, 2.75) is 12.8 Å². The second-order valence-electron chi connectivity index (χ2n) is 2.97. The highest BCUT2D eigenvalue weighted by Gasteiger charge is 2.08. The SMILES string of the molecule is OPOc1cccc(CCCl)c1CCCl. The molecule has 5 heteroatoms. The Bertz CT molecular complexity index is 283. The summed E-state index contributed by atoms with van der Waals surface area (Å²) in [4.78, 5) is 8.78. The fraction of sp³-hybridized carbons (Fsp3) is 0.400. The molecule has 0 saturated heterocycles. The predicted molar refractivity (Wildman–Crippen MR) is 66.5 cm³/mol. The van der Waals surface area contributed by atoms with Crippen LogP contribution < -0.4 is 4.52 Å². The molecule has 1 aromatic rings. The van der Waals surface area contributed by atoms with E-state index in [1.165, 1.54) is 0 Å². The number of benzene rings is 1. The molecule has 2 nitrogen and oxygen atoms in total. The van der Waals surface area contributed by atoms with Crippen LogP contribution in [-0.2, 0) is 12.8 Å². The van der Waals surface area contributed by atoms with Crippen molar-refractivity contribution in [1.29, 1.82) is 0 Å². The lowest BCUT2D eigenvalue weighted by Gasteiger charge is -2.12. The van der Waals surface area contributed by atoms with Crippen LogP contribution in [0.2, 0.25) is 0 Å². The minimum atomic E-state index is -0.542. The summed E-state index contributed by atoms with van der Waals surface area (Å²) < 4.78 is 5.16. The van der Waals surface area contributed by atoms with E-state index in [4.69, 9.17) is 32.6 Å². The third-order valence-corrected chi connectivity index (χ3v) is 2.78. The van der Waals surface area contributed by atoms with Crippen molar-refractivity contribution in [3.8, 4) is 5.75 Å². The van der Waals surface area contributed by atoms with Crippen LogP contribution >= 0.6 is 32.2 Å². The largest absolute Gasteiger partial charge is 0.450 e. The highest BCUT2D eigenvalue weighted by Crippen LogP contribution is 2.27. The molecule has 0 heterocycles. The van der Waals surface area contributed by atoms with Crippen molar-refractivity contribution in [1.82, 2.24) is 0 Å². The zero-order chi connectivity index (χ0) is 11.1. The molecular weight excluding hydrogens is 254 g/mol. The van der Waals surface area contributed by atoms with Gasteiger partial charge in [-0.05, 0) is 30.0 Å². The van der Waals surface area contributed by atoms with Crippen molar-refractivity contribution in [2.24, 2.45) is 0 Å². The molecule has 84 valence electrons. The molecule has 0 aliphatic rings. The lowest BCUT2D eigenvalue weighted by molar-refractivity contribution is 0.510. The molecular formula is C10H13Cl2O2P. The summed E-state index contributed by atoms with van der Waals surface area (Å²) in [6.07, 6.45) is 1.52. The molecule has 0 bridgehead atoms. The fourth-order valence-electron chi connectivity index (χ4n) is 1.47. The first kappa shape index (κ1) is 13.1. The maximum absolute atomic E-state index is 8.78. The van der Waals surface area contributed by atoms with Gasteiger partial charge in [-0.25, -0.2) is 0 Å². The standard InChI is InChI=1S/C10H13Cl2O2P/c11-6-4-8-2-1-3-10(14-15-13)9(8)5-7-12/h1-3,13,15H,4-7H2. The lowest BCUT2D eigenvalue weighted by atomic mass is 10.0. The van der Waals surface area contributed by atoms with Gasteiger partial charge in [-0.2, -0.15) is 0 Å². The Hall–Kier alpha value is -0.0100. The Morgan fingerprint density at radius 3 is 2.53 bits per heavy atom. The van der Waals surface area contributed by atoms with Crippen LogP contribution in [0.15, 0.2) is 18.2 Å². The normalized spacial score (nSPS) is 11.1. The first-order chi connectivity index (χ1) is 7.33. The highest BCUT2D eigenvalue weighted by molar-refractivity contribution is 7.25. The van der Waals surface area contributed by atoms with E-state index >= 15 is 0 Å². The van der Waals surface area contributed by atoms with Crippen LogP contribution in [0.25, 0.3) is 0 Å². The van der Waals surface area contributed by atoms with Gasteiger partial charge in [0.1, 0.15) is 5.75 Å². The first-order valence-corrected chi connectivity index (χ1v) is 6.54. The summed E-state index contributed by atoms with van der Waals surface area (Å²) >= 11 is 11.4. The third-order valence-electron chi connectivity index (χ3n) is 2.09. The van der Waals surface area contributed by atoms with Crippen molar-refractivity contribution >= 4 is 32.2 Å². The number of aryl methyl sites for hydroxylation is 1. The van der Waals surface area contributed by atoms with E-state index in [-0.39, 0.29) is 0 Å². The van der Waals surface area contributed by atoms with E-state index in [0.29, 0.717) is 17.5 Å². The number of rotatable bonds is 6. The van der Waals surface area contributed by atoms with Crippen LogP contribution in [0.5, 0.6) is 5.75 Å².